The van der Waals surface area contributed by atoms with Gasteiger partial charge in [-0.05, 0) is 46.1 Å². The monoisotopic (exact) mass is 403 g/mol. The fourth-order valence-corrected chi connectivity index (χ4v) is 3.58. The quantitative estimate of drug-likeness (QED) is 0.482. The molecule has 0 aliphatic carbocycles. The molecule has 1 amide bonds. The van der Waals surface area contributed by atoms with Crippen molar-refractivity contribution in [1.82, 2.24) is 20.9 Å². The van der Waals surface area contributed by atoms with Gasteiger partial charge in [0.1, 0.15) is 0 Å². The zero-order valence-electron chi connectivity index (χ0n) is 18.5. The summed E-state index contributed by atoms with van der Waals surface area (Å²) in [5.41, 5.74) is 1.12. The average molecular weight is 404 g/mol. The van der Waals surface area contributed by atoms with E-state index in [-0.39, 0.29) is 17.7 Å². The topological polar surface area (TPSA) is 78.0 Å². The molecule has 0 bridgehead atoms. The van der Waals surface area contributed by atoms with Gasteiger partial charge in [0, 0.05) is 37.3 Å². The summed E-state index contributed by atoms with van der Waals surface area (Å²) < 4.78 is 4.81. The normalized spacial score (nSPS) is 17.0. The zero-order valence-corrected chi connectivity index (χ0v) is 18.5. The van der Waals surface area contributed by atoms with Gasteiger partial charge in [-0.3, -0.25) is 4.99 Å². The molecule has 1 heterocycles. The molecule has 0 saturated carbocycles. The number of guanidine groups is 1. The first-order chi connectivity index (χ1) is 13.8. The van der Waals surface area contributed by atoms with E-state index < -0.39 is 0 Å². The summed E-state index contributed by atoms with van der Waals surface area (Å²) in [6.45, 7) is 11.5. The molecular formula is C22H37N5O2. The average Bonchev–Trinajstić information content (AvgIpc) is 2.72. The molecule has 0 spiro atoms. The molecule has 29 heavy (non-hydrogen) atoms. The van der Waals surface area contributed by atoms with E-state index in [1.54, 1.807) is 4.90 Å². The van der Waals surface area contributed by atoms with Crippen molar-refractivity contribution in [3.05, 3.63) is 35.9 Å². The first-order valence-corrected chi connectivity index (χ1v) is 10.5. The third kappa shape index (κ3) is 7.57. The molecule has 3 N–H and O–H groups in total. The Morgan fingerprint density at radius 2 is 1.93 bits per heavy atom. The van der Waals surface area contributed by atoms with Crippen LogP contribution in [0.5, 0.6) is 0 Å². The summed E-state index contributed by atoms with van der Waals surface area (Å²) >= 11 is 0. The van der Waals surface area contributed by atoms with E-state index >= 15 is 0 Å². The van der Waals surface area contributed by atoms with Gasteiger partial charge in [0.15, 0.2) is 5.96 Å². The van der Waals surface area contributed by atoms with E-state index in [4.69, 9.17) is 9.73 Å². The van der Waals surface area contributed by atoms with E-state index in [2.05, 4.69) is 67.9 Å². The maximum absolute atomic E-state index is 11.6. The highest BCUT2D eigenvalue weighted by molar-refractivity contribution is 5.80. The third-order valence-corrected chi connectivity index (χ3v) is 5.15. The van der Waals surface area contributed by atoms with Crippen molar-refractivity contribution in [3.8, 4) is 0 Å². The molecule has 1 aromatic carbocycles. The van der Waals surface area contributed by atoms with Crippen LogP contribution in [-0.2, 0) is 4.74 Å². The van der Waals surface area contributed by atoms with Crippen LogP contribution in [0.25, 0.3) is 0 Å². The molecule has 1 fully saturated rings. The Balaban J connectivity index is 1.89. The molecule has 2 rings (SSSR count). The molecule has 7 heteroatoms. The maximum atomic E-state index is 11.6. The number of aliphatic imine (C=N–C) groups is 1. The van der Waals surface area contributed by atoms with Crippen molar-refractivity contribution >= 4 is 12.1 Å². The minimum Gasteiger partial charge on any atom is -0.453 e. The second-order valence-corrected chi connectivity index (χ2v) is 8.23. The fraction of sp³-hybridized carbons (Fsp3) is 0.636. The lowest BCUT2D eigenvalue weighted by atomic mass is 10.0. The highest BCUT2D eigenvalue weighted by atomic mass is 16.5. The lowest BCUT2D eigenvalue weighted by Gasteiger charge is -2.33. The number of ether oxygens (including phenoxy) is 1. The molecule has 162 valence electrons. The molecule has 1 aliphatic rings. The first-order valence-electron chi connectivity index (χ1n) is 10.5. The van der Waals surface area contributed by atoms with Crippen LogP contribution in [0.3, 0.4) is 0 Å². The molecule has 1 atom stereocenters. The van der Waals surface area contributed by atoms with E-state index in [0.29, 0.717) is 25.7 Å². The molecular weight excluding hydrogens is 366 g/mol. The summed E-state index contributed by atoms with van der Waals surface area (Å²) in [5.74, 6) is 0.825. The van der Waals surface area contributed by atoms with E-state index in [1.807, 2.05) is 6.07 Å². The second kappa shape index (κ2) is 11.0. The smallest absolute Gasteiger partial charge is 0.409 e. The molecule has 1 unspecified atom stereocenters. The van der Waals surface area contributed by atoms with E-state index in [1.165, 1.54) is 12.7 Å². The summed E-state index contributed by atoms with van der Waals surface area (Å²) in [7, 11) is 1.43. The maximum Gasteiger partial charge on any atom is 0.409 e. The van der Waals surface area contributed by atoms with Gasteiger partial charge in [-0.15, -0.1) is 0 Å². The number of nitrogens with zero attached hydrogens (tertiary/aromatic N) is 2. The van der Waals surface area contributed by atoms with Crippen molar-refractivity contribution in [3.63, 3.8) is 0 Å². The minimum atomic E-state index is -0.246. The Hall–Kier alpha value is -2.28. The van der Waals surface area contributed by atoms with Crippen molar-refractivity contribution < 1.29 is 9.53 Å². The van der Waals surface area contributed by atoms with Gasteiger partial charge in [-0.2, -0.15) is 0 Å². The number of benzene rings is 1. The van der Waals surface area contributed by atoms with Crippen LogP contribution in [-0.4, -0.2) is 61.8 Å². The van der Waals surface area contributed by atoms with Gasteiger partial charge in [-0.1, -0.05) is 30.3 Å². The van der Waals surface area contributed by atoms with Crippen molar-refractivity contribution in [1.29, 1.82) is 0 Å². The number of methoxy groups -OCH3 is 1. The predicted octanol–water partition coefficient (Wildman–Crippen LogP) is 2.90. The van der Waals surface area contributed by atoms with E-state index in [0.717, 1.165) is 25.3 Å². The Morgan fingerprint density at radius 3 is 2.52 bits per heavy atom. The molecule has 1 saturated heterocycles. The van der Waals surface area contributed by atoms with Gasteiger partial charge in [0.25, 0.3) is 0 Å². The van der Waals surface area contributed by atoms with Gasteiger partial charge in [0.05, 0.1) is 13.7 Å². The lowest BCUT2D eigenvalue weighted by Crippen LogP contribution is -2.50. The highest BCUT2D eigenvalue weighted by Crippen LogP contribution is 2.16. The number of likely N-dealkylation sites (tertiary alicyclic amines) is 1. The number of amides is 1. The number of carbonyl (C=O) groups excluding carboxylic acids is 1. The van der Waals surface area contributed by atoms with Crippen LogP contribution < -0.4 is 16.0 Å². The number of hydrogen-bond donors (Lipinski definition) is 3. The molecule has 0 aromatic heterocycles. The summed E-state index contributed by atoms with van der Waals surface area (Å²) in [5, 5.41) is 10.5. The number of hydrogen-bond acceptors (Lipinski definition) is 4. The molecule has 0 radical (unpaired) electrons. The number of piperidine rings is 1. The summed E-state index contributed by atoms with van der Waals surface area (Å²) in [4.78, 5) is 18.2. The van der Waals surface area contributed by atoms with Crippen molar-refractivity contribution in [2.75, 3.05) is 33.3 Å². The van der Waals surface area contributed by atoms with Crippen LogP contribution in [0.1, 0.15) is 52.1 Å². The van der Waals surface area contributed by atoms with E-state index in [9.17, 15) is 4.79 Å². The summed E-state index contributed by atoms with van der Waals surface area (Å²) in [6, 6.07) is 11.0. The predicted molar refractivity (Wildman–Crippen MR) is 118 cm³/mol. The standard InChI is InChI=1S/C22H37N5O2/c1-6-23-20(25-19-12-14-27(15-13-19)21(28)29-5)24-16-22(3,4)26-17(2)18-10-8-7-9-11-18/h7-11,17,19,26H,6,12-16H2,1-5H3,(H2,23,24,25). The van der Waals surface area contributed by atoms with Crippen LogP contribution >= 0.6 is 0 Å². The summed E-state index contributed by atoms with van der Waals surface area (Å²) in [6.07, 6.45) is 1.52. The Labute approximate surface area is 175 Å². The SMILES string of the molecule is CCNC(=NCC(C)(C)NC(C)c1ccccc1)NC1CCN(C(=O)OC)CC1. The largest absolute Gasteiger partial charge is 0.453 e. The van der Waals surface area contributed by atoms with Crippen LogP contribution in [0.15, 0.2) is 35.3 Å². The van der Waals surface area contributed by atoms with Crippen LogP contribution in [0.4, 0.5) is 4.79 Å². The minimum absolute atomic E-state index is 0.147. The van der Waals surface area contributed by atoms with Gasteiger partial charge in [-0.25, -0.2) is 4.79 Å². The highest BCUT2D eigenvalue weighted by Gasteiger charge is 2.24. The number of nitrogens with one attached hydrogen (secondary N) is 3. The third-order valence-electron chi connectivity index (χ3n) is 5.15. The van der Waals surface area contributed by atoms with Gasteiger partial charge >= 0.3 is 6.09 Å². The molecule has 1 aliphatic heterocycles. The second-order valence-electron chi connectivity index (χ2n) is 8.23. The first kappa shape index (κ1) is 23.0. The van der Waals surface area contributed by atoms with Crippen LogP contribution in [0.2, 0.25) is 0 Å². The van der Waals surface area contributed by atoms with Crippen molar-refractivity contribution in [2.45, 2.75) is 58.2 Å². The Kier molecular flexibility index (Phi) is 8.76. The van der Waals surface area contributed by atoms with Crippen molar-refractivity contribution in [2.24, 2.45) is 4.99 Å². The fourth-order valence-electron chi connectivity index (χ4n) is 3.58. The molecule has 7 nitrogen and oxygen atoms in total. The number of carbonyl (C=O) groups is 1. The molecule has 1 aromatic rings. The lowest BCUT2D eigenvalue weighted by molar-refractivity contribution is 0.111. The Bertz CT molecular complexity index is 654. The van der Waals surface area contributed by atoms with Gasteiger partial charge < -0.3 is 25.6 Å². The van der Waals surface area contributed by atoms with Gasteiger partial charge in [0.2, 0.25) is 0 Å². The Morgan fingerprint density at radius 1 is 1.28 bits per heavy atom. The zero-order chi connectivity index (χ0) is 21.3. The number of rotatable bonds is 7. The van der Waals surface area contributed by atoms with Crippen LogP contribution in [0, 0.1) is 0 Å².